The minimum atomic E-state index is -0.228. The number of fused-ring (bicyclic) bond motifs is 2. The van der Waals surface area contributed by atoms with Crippen LogP contribution in [0.15, 0.2) is 41.7 Å². The number of nitrogens with one attached hydrogen (secondary N) is 2. The van der Waals surface area contributed by atoms with E-state index in [0.717, 1.165) is 11.1 Å². The van der Waals surface area contributed by atoms with Crippen LogP contribution < -0.4 is 5.32 Å². The predicted molar refractivity (Wildman–Crippen MR) is 73.0 cm³/mol. The SMILES string of the molecule is O=C1Nc2cnccc2C1=Nc1ccc2n[nH]nc2c1. The fourth-order valence-corrected chi connectivity index (χ4v) is 2.14. The normalized spacial score (nSPS) is 15.6. The van der Waals surface area contributed by atoms with Gasteiger partial charge in [-0.15, -0.1) is 0 Å². The Labute approximate surface area is 112 Å². The number of hydrogen-bond acceptors (Lipinski definition) is 5. The molecule has 0 atom stereocenters. The van der Waals surface area contributed by atoms with Crippen LogP contribution in [-0.4, -0.2) is 32.0 Å². The summed E-state index contributed by atoms with van der Waals surface area (Å²) in [4.78, 5) is 20.3. The molecule has 0 spiro atoms. The Morgan fingerprint density at radius 1 is 1.10 bits per heavy atom. The highest BCUT2D eigenvalue weighted by Gasteiger charge is 2.25. The molecule has 7 heteroatoms. The number of carbonyl (C=O) groups is 1. The van der Waals surface area contributed by atoms with E-state index in [1.54, 1.807) is 36.7 Å². The van der Waals surface area contributed by atoms with Gasteiger partial charge >= 0.3 is 0 Å². The second-order valence-corrected chi connectivity index (χ2v) is 4.33. The highest BCUT2D eigenvalue weighted by atomic mass is 16.2. The molecule has 1 aliphatic heterocycles. The zero-order valence-electron chi connectivity index (χ0n) is 10.2. The Balaban J connectivity index is 1.85. The number of pyridine rings is 1. The van der Waals surface area contributed by atoms with Crippen LogP contribution in [0.25, 0.3) is 11.0 Å². The molecule has 20 heavy (non-hydrogen) atoms. The van der Waals surface area contributed by atoms with Crippen molar-refractivity contribution in [3.8, 4) is 0 Å². The van der Waals surface area contributed by atoms with Crippen LogP contribution in [0.5, 0.6) is 0 Å². The van der Waals surface area contributed by atoms with Gasteiger partial charge in [-0.1, -0.05) is 0 Å². The minimum Gasteiger partial charge on any atom is -0.319 e. The van der Waals surface area contributed by atoms with Crippen molar-refractivity contribution in [3.63, 3.8) is 0 Å². The standard InChI is InChI=1S/C13H8N6O/c20-13-12(8-3-4-14-6-11(8)16-13)15-7-1-2-9-10(5-7)18-19-17-9/h1-6H,(H,15,16,20)(H,17,18,19). The molecule has 1 aliphatic rings. The number of benzene rings is 1. The van der Waals surface area contributed by atoms with E-state index >= 15 is 0 Å². The molecule has 3 heterocycles. The molecule has 2 N–H and O–H groups in total. The Hall–Kier alpha value is -3.09. The number of aromatic amines is 1. The van der Waals surface area contributed by atoms with Crippen LogP contribution in [0, 0.1) is 0 Å². The third-order valence-corrected chi connectivity index (χ3v) is 3.08. The van der Waals surface area contributed by atoms with Crippen molar-refractivity contribution in [1.82, 2.24) is 20.4 Å². The molecule has 4 rings (SSSR count). The van der Waals surface area contributed by atoms with Crippen LogP contribution in [0.2, 0.25) is 0 Å². The molecule has 2 aromatic heterocycles. The lowest BCUT2D eigenvalue weighted by Crippen LogP contribution is -2.13. The first kappa shape index (κ1) is 10.8. The Morgan fingerprint density at radius 2 is 2.00 bits per heavy atom. The maximum absolute atomic E-state index is 11.9. The monoisotopic (exact) mass is 264 g/mol. The maximum Gasteiger partial charge on any atom is 0.275 e. The first-order valence-corrected chi connectivity index (χ1v) is 5.96. The van der Waals surface area contributed by atoms with Gasteiger partial charge in [0.05, 0.1) is 17.6 Å². The molecule has 3 aromatic rings. The van der Waals surface area contributed by atoms with E-state index < -0.39 is 0 Å². The number of anilines is 1. The molecule has 0 bridgehead atoms. The molecule has 0 aliphatic carbocycles. The summed E-state index contributed by atoms with van der Waals surface area (Å²) in [6.45, 7) is 0. The van der Waals surface area contributed by atoms with Crippen molar-refractivity contribution in [2.75, 3.05) is 5.32 Å². The van der Waals surface area contributed by atoms with Gasteiger partial charge in [-0.2, -0.15) is 15.4 Å². The molecule has 0 fully saturated rings. The zero-order valence-corrected chi connectivity index (χ0v) is 10.2. The number of rotatable bonds is 1. The quantitative estimate of drug-likeness (QED) is 0.694. The number of H-pyrrole nitrogens is 1. The van der Waals surface area contributed by atoms with Crippen LogP contribution in [0.4, 0.5) is 11.4 Å². The Bertz CT molecular complexity index is 866. The molecule has 0 radical (unpaired) electrons. The van der Waals surface area contributed by atoms with Gasteiger partial charge in [0.25, 0.3) is 5.91 Å². The molecule has 1 aromatic carbocycles. The number of carbonyl (C=O) groups excluding carboxylic acids is 1. The fraction of sp³-hybridized carbons (Fsp3) is 0. The minimum absolute atomic E-state index is 0.228. The van der Waals surface area contributed by atoms with Crippen LogP contribution in [-0.2, 0) is 4.79 Å². The molecule has 0 saturated heterocycles. The van der Waals surface area contributed by atoms with Crippen LogP contribution in [0.1, 0.15) is 5.56 Å². The highest BCUT2D eigenvalue weighted by molar-refractivity contribution is 6.54. The van der Waals surface area contributed by atoms with E-state index in [0.29, 0.717) is 22.6 Å². The second-order valence-electron chi connectivity index (χ2n) is 4.33. The van der Waals surface area contributed by atoms with E-state index in [4.69, 9.17) is 0 Å². The highest BCUT2D eigenvalue weighted by Crippen LogP contribution is 2.25. The first-order chi connectivity index (χ1) is 9.81. The lowest BCUT2D eigenvalue weighted by atomic mass is 10.2. The number of aliphatic imine (C=N–C) groups is 1. The second kappa shape index (κ2) is 3.95. The first-order valence-electron chi connectivity index (χ1n) is 5.96. The fourth-order valence-electron chi connectivity index (χ4n) is 2.14. The van der Waals surface area contributed by atoms with Gasteiger partial charge in [-0.25, -0.2) is 4.99 Å². The summed E-state index contributed by atoms with van der Waals surface area (Å²) in [7, 11) is 0. The summed E-state index contributed by atoms with van der Waals surface area (Å²) in [6.07, 6.45) is 3.24. The summed E-state index contributed by atoms with van der Waals surface area (Å²) < 4.78 is 0. The smallest absolute Gasteiger partial charge is 0.275 e. The third-order valence-electron chi connectivity index (χ3n) is 3.08. The number of aromatic nitrogens is 4. The Morgan fingerprint density at radius 3 is 2.95 bits per heavy atom. The number of amides is 1. The van der Waals surface area contributed by atoms with Crippen molar-refractivity contribution < 1.29 is 4.79 Å². The van der Waals surface area contributed by atoms with Gasteiger partial charge in [0.15, 0.2) is 0 Å². The van der Waals surface area contributed by atoms with Crippen molar-refractivity contribution in [3.05, 3.63) is 42.2 Å². The van der Waals surface area contributed by atoms with E-state index in [9.17, 15) is 4.79 Å². The van der Waals surface area contributed by atoms with E-state index in [1.807, 2.05) is 0 Å². The summed E-state index contributed by atoms with van der Waals surface area (Å²) in [5, 5.41) is 13.3. The lowest BCUT2D eigenvalue weighted by molar-refractivity contribution is -0.110. The molecular weight excluding hydrogens is 256 g/mol. The lowest BCUT2D eigenvalue weighted by Gasteiger charge is -1.97. The van der Waals surface area contributed by atoms with Gasteiger partial charge in [0, 0.05) is 11.8 Å². The summed E-state index contributed by atoms with van der Waals surface area (Å²) >= 11 is 0. The molecule has 96 valence electrons. The maximum atomic E-state index is 11.9. The van der Waals surface area contributed by atoms with Crippen LogP contribution >= 0.6 is 0 Å². The average molecular weight is 264 g/mol. The van der Waals surface area contributed by atoms with Crippen molar-refractivity contribution >= 4 is 34.0 Å². The predicted octanol–water partition coefficient (Wildman–Crippen LogP) is 1.43. The third kappa shape index (κ3) is 1.57. The topological polar surface area (TPSA) is 95.9 Å². The van der Waals surface area contributed by atoms with Gasteiger partial charge in [-0.05, 0) is 24.3 Å². The Kier molecular flexibility index (Phi) is 2.13. The van der Waals surface area contributed by atoms with Gasteiger partial charge in [-0.3, -0.25) is 9.78 Å². The van der Waals surface area contributed by atoms with Crippen molar-refractivity contribution in [1.29, 1.82) is 0 Å². The largest absolute Gasteiger partial charge is 0.319 e. The molecule has 0 saturated carbocycles. The van der Waals surface area contributed by atoms with E-state index in [1.165, 1.54) is 0 Å². The zero-order chi connectivity index (χ0) is 13.5. The average Bonchev–Trinajstić information content (AvgIpc) is 3.04. The van der Waals surface area contributed by atoms with Gasteiger partial charge in [0.1, 0.15) is 16.7 Å². The summed E-state index contributed by atoms with van der Waals surface area (Å²) in [5.74, 6) is -0.228. The molecule has 7 nitrogen and oxygen atoms in total. The molecule has 1 amide bonds. The van der Waals surface area contributed by atoms with Gasteiger partial charge < -0.3 is 5.32 Å². The summed E-state index contributed by atoms with van der Waals surface area (Å²) in [6, 6.07) is 7.14. The number of nitrogens with zero attached hydrogens (tertiary/aromatic N) is 4. The van der Waals surface area contributed by atoms with Gasteiger partial charge in [0.2, 0.25) is 0 Å². The number of hydrogen-bond donors (Lipinski definition) is 2. The molecule has 0 unspecified atom stereocenters. The van der Waals surface area contributed by atoms with E-state index in [-0.39, 0.29) is 5.91 Å². The molecular formula is C13H8N6O. The van der Waals surface area contributed by atoms with Crippen LogP contribution in [0.3, 0.4) is 0 Å². The summed E-state index contributed by atoms with van der Waals surface area (Å²) in [5.41, 5.74) is 3.94. The van der Waals surface area contributed by atoms with Crippen molar-refractivity contribution in [2.45, 2.75) is 0 Å². The van der Waals surface area contributed by atoms with E-state index in [2.05, 4.69) is 30.7 Å². The van der Waals surface area contributed by atoms with Crippen molar-refractivity contribution in [2.24, 2.45) is 4.99 Å².